The summed E-state index contributed by atoms with van der Waals surface area (Å²) in [6.45, 7) is 6.49. The van der Waals surface area contributed by atoms with E-state index >= 15 is 0 Å². The second-order valence-corrected chi connectivity index (χ2v) is 11.6. The highest BCUT2D eigenvalue weighted by atomic mass is 32.1. The van der Waals surface area contributed by atoms with Crippen molar-refractivity contribution in [1.82, 2.24) is 15.1 Å². The summed E-state index contributed by atoms with van der Waals surface area (Å²) >= 11 is 1.64. The molecule has 5 rings (SSSR count). The molecule has 2 aliphatic heterocycles. The molecular formula is C30H39N5OS. The lowest BCUT2D eigenvalue weighted by Crippen LogP contribution is -2.50. The van der Waals surface area contributed by atoms with Crippen LogP contribution >= 0.6 is 11.3 Å². The number of piperazine rings is 1. The zero-order chi connectivity index (χ0) is 25.6. The smallest absolute Gasteiger partial charge is 0.242 e. The van der Waals surface area contributed by atoms with Crippen molar-refractivity contribution in [2.75, 3.05) is 63.6 Å². The molecule has 196 valence electrons. The topological polar surface area (TPSA) is 50.9 Å². The Balaban J connectivity index is 1.23. The van der Waals surface area contributed by atoms with Crippen LogP contribution in [0.25, 0.3) is 10.4 Å². The number of likely N-dealkylation sites (tertiary alicyclic amines) is 1. The Morgan fingerprint density at radius 3 is 2.24 bits per heavy atom. The van der Waals surface area contributed by atoms with E-state index in [1.807, 2.05) is 24.3 Å². The number of rotatable bonds is 8. The van der Waals surface area contributed by atoms with E-state index in [1.54, 1.807) is 11.3 Å². The fourth-order valence-corrected chi connectivity index (χ4v) is 6.12. The first-order valence-electron chi connectivity index (χ1n) is 13.5. The van der Waals surface area contributed by atoms with Crippen LogP contribution in [0.5, 0.6) is 0 Å². The highest BCUT2D eigenvalue weighted by molar-refractivity contribution is 7.19. The summed E-state index contributed by atoms with van der Waals surface area (Å²) in [7, 11) is 4.35. The fourth-order valence-electron chi connectivity index (χ4n) is 5.21. The van der Waals surface area contributed by atoms with Crippen LogP contribution in [0.2, 0.25) is 0 Å². The maximum Gasteiger partial charge on any atom is 0.242 e. The number of hydrogen-bond donors (Lipinski definition) is 2. The van der Waals surface area contributed by atoms with Crippen LogP contribution in [-0.2, 0) is 11.2 Å². The largest absolute Gasteiger partial charge is 0.369 e. The van der Waals surface area contributed by atoms with Crippen molar-refractivity contribution in [3.8, 4) is 10.4 Å². The highest BCUT2D eigenvalue weighted by Gasteiger charge is 2.25. The van der Waals surface area contributed by atoms with Crippen molar-refractivity contribution in [2.24, 2.45) is 0 Å². The number of benzene rings is 2. The van der Waals surface area contributed by atoms with Crippen molar-refractivity contribution in [2.45, 2.75) is 31.3 Å². The van der Waals surface area contributed by atoms with E-state index < -0.39 is 0 Å². The molecule has 3 aromatic rings. The molecule has 2 fully saturated rings. The third kappa shape index (κ3) is 6.99. The molecule has 1 aromatic heterocycles. The summed E-state index contributed by atoms with van der Waals surface area (Å²) in [5.74, 6) is 0.0431. The van der Waals surface area contributed by atoms with Crippen LogP contribution in [-0.4, -0.2) is 81.2 Å². The monoisotopic (exact) mass is 517 g/mol. The van der Waals surface area contributed by atoms with Gasteiger partial charge in [0.2, 0.25) is 5.91 Å². The lowest BCUT2D eigenvalue weighted by Gasteiger charge is -2.34. The molecule has 7 heteroatoms. The SMILES string of the molecule is CN1CCC(NC(Cc2ccccc2)C(=O)Nc2ccc(-c3ccc(N4CCN(C)CC4)cc3)s2)CC1. The van der Waals surface area contributed by atoms with Gasteiger partial charge in [0.1, 0.15) is 0 Å². The van der Waals surface area contributed by atoms with Gasteiger partial charge in [-0.05, 0) is 81.8 Å². The Morgan fingerprint density at radius 1 is 0.865 bits per heavy atom. The minimum atomic E-state index is -0.260. The van der Waals surface area contributed by atoms with Crippen LogP contribution < -0.4 is 15.5 Å². The summed E-state index contributed by atoms with van der Waals surface area (Å²) in [5.41, 5.74) is 3.65. The molecular weight excluding hydrogens is 478 g/mol. The first-order chi connectivity index (χ1) is 18.0. The van der Waals surface area contributed by atoms with Gasteiger partial charge in [-0.25, -0.2) is 0 Å². The van der Waals surface area contributed by atoms with E-state index in [2.05, 4.69) is 81.9 Å². The Labute approximate surface area is 225 Å². The van der Waals surface area contributed by atoms with E-state index in [0.717, 1.165) is 57.1 Å². The zero-order valence-electron chi connectivity index (χ0n) is 22.0. The van der Waals surface area contributed by atoms with Gasteiger partial charge in [-0.1, -0.05) is 42.5 Å². The lowest BCUT2D eigenvalue weighted by molar-refractivity contribution is -0.118. The Bertz CT molecular complexity index is 1130. The molecule has 0 spiro atoms. The van der Waals surface area contributed by atoms with Crippen LogP contribution in [0.3, 0.4) is 0 Å². The Morgan fingerprint density at radius 2 is 1.54 bits per heavy atom. The maximum absolute atomic E-state index is 13.5. The van der Waals surface area contributed by atoms with Crippen molar-refractivity contribution >= 4 is 27.9 Å². The van der Waals surface area contributed by atoms with Gasteiger partial charge in [0, 0.05) is 42.8 Å². The summed E-state index contributed by atoms with van der Waals surface area (Å²) < 4.78 is 0. The van der Waals surface area contributed by atoms with E-state index in [-0.39, 0.29) is 11.9 Å². The van der Waals surface area contributed by atoms with Gasteiger partial charge in [0.15, 0.2) is 0 Å². The predicted octanol–water partition coefficient (Wildman–Crippen LogP) is 4.40. The van der Waals surface area contributed by atoms with Crippen molar-refractivity contribution in [3.63, 3.8) is 0 Å². The number of carbonyl (C=O) groups is 1. The summed E-state index contributed by atoms with van der Waals surface area (Å²) in [6, 6.07) is 23.4. The molecule has 0 aliphatic carbocycles. The summed E-state index contributed by atoms with van der Waals surface area (Å²) in [6.07, 6.45) is 2.83. The summed E-state index contributed by atoms with van der Waals surface area (Å²) in [5, 5.41) is 7.79. The molecule has 1 atom stereocenters. The molecule has 0 bridgehead atoms. The van der Waals surface area contributed by atoms with Crippen LogP contribution in [0.15, 0.2) is 66.7 Å². The molecule has 0 saturated carbocycles. The Hall–Kier alpha value is -2.71. The van der Waals surface area contributed by atoms with Gasteiger partial charge in [0.05, 0.1) is 11.0 Å². The third-order valence-corrected chi connectivity index (χ3v) is 8.68. The number of thiophene rings is 1. The molecule has 1 unspecified atom stereocenters. The number of piperidine rings is 1. The fraction of sp³-hybridized carbons (Fsp3) is 0.433. The third-order valence-electron chi connectivity index (χ3n) is 7.63. The Kier molecular flexibility index (Phi) is 8.56. The first-order valence-corrected chi connectivity index (χ1v) is 14.3. The standard InChI is InChI=1S/C30H39N5OS/c1-33-16-14-25(15-17-33)31-27(22-23-6-4-3-5-7-23)30(36)32-29-13-12-28(37-29)24-8-10-26(11-9-24)35-20-18-34(2)19-21-35/h3-13,25,27,31H,14-22H2,1-2H3,(H,32,36). The van der Waals surface area contributed by atoms with Crippen LogP contribution in [0, 0.1) is 0 Å². The second kappa shape index (κ2) is 12.2. The van der Waals surface area contributed by atoms with Gasteiger partial charge in [-0.2, -0.15) is 0 Å². The van der Waals surface area contributed by atoms with Gasteiger partial charge >= 0.3 is 0 Å². The minimum absolute atomic E-state index is 0.0431. The van der Waals surface area contributed by atoms with Gasteiger partial charge < -0.3 is 25.3 Å². The minimum Gasteiger partial charge on any atom is -0.369 e. The second-order valence-electron chi connectivity index (χ2n) is 10.5. The number of hydrogen-bond acceptors (Lipinski definition) is 6. The number of nitrogens with zero attached hydrogens (tertiary/aromatic N) is 3. The highest BCUT2D eigenvalue weighted by Crippen LogP contribution is 2.33. The molecule has 0 radical (unpaired) electrons. The predicted molar refractivity (Wildman–Crippen MR) is 156 cm³/mol. The number of likely N-dealkylation sites (N-methyl/N-ethyl adjacent to an activating group) is 1. The normalized spacial score (nSPS) is 18.6. The van der Waals surface area contributed by atoms with E-state index in [4.69, 9.17) is 0 Å². The van der Waals surface area contributed by atoms with Crippen LogP contribution in [0.4, 0.5) is 10.7 Å². The van der Waals surface area contributed by atoms with Crippen molar-refractivity contribution < 1.29 is 4.79 Å². The molecule has 6 nitrogen and oxygen atoms in total. The zero-order valence-corrected chi connectivity index (χ0v) is 22.8. The molecule has 37 heavy (non-hydrogen) atoms. The number of amides is 1. The van der Waals surface area contributed by atoms with E-state index in [0.29, 0.717) is 12.5 Å². The molecule has 3 heterocycles. The average Bonchev–Trinajstić information content (AvgIpc) is 3.39. The van der Waals surface area contributed by atoms with Crippen molar-refractivity contribution in [1.29, 1.82) is 0 Å². The van der Waals surface area contributed by atoms with Gasteiger partial charge in [-0.15, -0.1) is 11.3 Å². The molecule has 2 saturated heterocycles. The molecule has 2 N–H and O–H groups in total. The maximum atomic E-state index is 13.5. The van der Waals surface area contributed by atoms with E-state index in [1.165, 1.54) is 21.7 Å². The molecule has 1 amide bonds. The van der Waals surface area contributed by atoms with Gasteiger partial charge in [-0.3, -0.25) is 4.79 Å². The average molecular weight is 518 g/mol. The van der Waals surface area contributed by atoms with Gasteiger partial charge in [0.25, 0.3) is 0 Å². The quantitative estimate of drug-likeness (QED) is 0.464. The summed E-state index contributed by atoms with van der Waals surface area (Å²) in [4.78, 5) is 21.8. The van der Waals surface area contributed by atoms with E-state index in [9.17, 15) is 4.79 Å². The number of carbonyl (C=O) groups excluding carboxylic acids is 1. The lowest BCUT2D eigenvalue weighted by atomic mass is 10.0. The first kappa shape index (κ1) is 25.9. The molecule has 2 aromatic carbocycles. The van der Waals surface area contributed by atoms with Crippen molar-refractivity contribution in [3.05, 3.63) is 72.3 Å². The van der Waals surface area contributed by atoms with Crippen LogP contribution in [0.1, 0.15) is 18.4 Å². The molecule has 2 aliphatic rings. The number of anilines is 2. The number of nitrogens with one attached hydrogen (secondary N) is 2.